The molecular formula is C24H30N4O3. The highest BCUT2D eigenvalue weighted by Gasteiger charge is 2.45. The third-order valence-corrected chi connectivity index (χ3v) is 7.09. The first kappa shape index (κ1) is 20.4. The number of likely N-dealkylation sites (tertiary alicyclic amines) is 1. The molecule has 5 rings (SSSR count). The van der Waals surface area contributed by atoms with Gasteiger partial charge in [-0.15, -0.1) is 0 Å². The Morgan fingerprint density at radius 1 is 1.16 bits per heavy atom. The number of carboxylic acid groups (broad SMARTS) is 1. The minimum Gasteiger partial charge on any atom is -0.480 e. The molecule has 2 aliphatic heterocycles. The normalized spacial score (nSPS) is 23.1. The van der Waals surface area contributed by atoms with Gasteiger partial charge in [0.15, 0.2) is 5.82 Å². The van der Waals surface area contributed by atoms with E-state index >= 15 is 0 Å². The largest absolute Gasteiger partial charge is 0.480 e. The average Bonchev–Trinajstić information content (AvgIpc) is 3.13. The first-order valence-electron chi connectivity index (χ1n) is 11.3. The maximum absolute atomic E-state index is 11.1. The van der Waals surface area contributed by atoms with Crippen LogP contribution >= 0.6 is 0 Å². The van der Waals surface area contributed by atoms with Crippen molar-refractivity contribution < 1.29 is 14.6 Å². The first-order chi connectivity index (χ1) is 15.0. The Labute approximate surface area is 183 Å². The molecule has 3 aliphatic rings. The van der Waals surface area contributed by atoms with Gasteiger partial charge in [-0.2, -0.15) is 0 Å². The summed E-state index contributed by atoms with van der Waals surface area (Å²) in [6, 6.07) is 10.2. The predicted octanol–water partition coefficient (Wildman–Crippen LogP) is 2.73. The number of morpholine rings is 1. The highest BCUT2D eigenvalue weighted by Crippen LogP contribution is 2.48. The van der Waals surface area contributed by atoms with Crippen molar-refractivity contribution in [1.82, 2.24) is 14.9 Å². The van der Waals surface area contributed by atoms with E-state index in [0.717, 1.165) is 75.7 Å². The molecule has 0 amide bonds. The number of carbonyl (C=O) groups is 1. The van der Waals surface area contributed by atoms with Gasteiger partial charge in [-0.1, -0.05) is 30.3 Å². The van der Waals surface area contributed by atoms with Crippen LogP contribution < -0.4 is 4.90 Å². The molecule has 1 spiro atoms. The van der Waals surface area contributed by atoms with E-state index in [1.807, 2.05) is 18.2 Å². The number of hydrogen-bond donors (Lipinski definition) is 1. The molecule has 7 nitrogen and oxygen atoms in total. The molecule has 2 aromatic rings. The van der Waals surface area contributed by atoms with E-state index in [-0.39, 0.29) is 18.1 Å². The van der Waals surface area contributed by atoms with Crippen molar-refractivity contribution in [2.75, 3.05) is 44.2 Å². The topological polar surface area (TPSA) is 78.8 Å². The Morgan fingerprint density at radius 3 is 2.65 bits per heavy atom. The Bertz CT molecular complexity index is 957. The second kappa shape index (κ2) is 8.20. The number of anilines is 1. The standard InChI is InChI=1S/C24H30N4O3/c1-17-15-28(13-14-31-17)23-19-7-8-24(9-11-27(12-10-24)16-20(29)30)21(19)25-22(26-23)18-5-3-2-4-6-18/h2-6,17H,7-16H2,1H3,(H,29,30). The highest BCUT2D eigenvalue weighted by atomic mass is 16.5. The Hall–Kier alpha value is -2.51. The molecule has 0 radical (unpaired) electrons. The number of aromatic nitrogens is 2. The summed E-state index contributed by atoms with van der Waals surface area (Å²) in [5.74, 6) is 1.12. The fourth-order valence-corrected chi connectivity index (χ4v) is 5.43. The van der Waals surface area contributed by atoms with Gasteiger partial charge in [-0.3, -0.25) is 9.69 Å². The molecule has 1 aromatic heterocycles. The summed E-state index contributed by atoms with van der Waals surface area (Å²) in [7, 11) is 0. The lowest BCUT2D eigenvalue weighted by atomic mass is 9.76. The van der Waals surface area contributed by atoms with E-state index < -0.39 is 5.97 Å². The first-order valence-corrected chi connectivity index (χ1v) is 11.3. The van der Waals surface area contributed by atoms with Crippen molar-refractivity contribution in [3.8, 4) is 11.4 Å². The quantitative estimate of drug-likeness (QED) is 0.812. The summed E-state index contributed by atoms with van der Waals surface area (Å²) < 4.78 is 5.78. The fourth-order valence-electron chi connectivity index (χ4n) is 5.43. The summed E-state index contributed by atoms with van der Waals surface area (Å²) in [5.41, 5.74) is 3.56. The van der Waals surface area contributed by atoms with Gasteiger partial charge in [-0.05, 0) is 45.7 Å². The van der Waals surface area contributed by atoms with Gasteiger partial charge in [0.25, 0.3) is 0 Å². The molecule has 2 saturated heterocycles. The third kappa shape index (κ3) is 3.92. The molecule has 1 aliphatic carbocycles. The zero-order chi connectivity index (χ0) is 21.4. The van der Waals surface area contributed by atoms with Gasteiger partial charge in [0.05, 0.1) is 24.9 Å². The number of piperidine rings is 1. The van der Waals surface area contributed by atoms with Crippen LogP contribution in [0.2, 0.25) is 0 Å². The number of aliphatic carboxylic acids is 1. The van der Waals surface area contributed by atoms with Crippen LogP contribution in [0.25, 0.3) is 11.4 Å². The maximum Gasteiger partial charge on any atom is 0.317 e. The van der Waals surface area contributed by atoms with E-state index in [1.54, 1.807) is 0 Å². The predicted molar refractivity (Wildman–Crippen MR) is 118 cm³/mol. The van der Waals surface area contributed by atoms with E-state index in [4.69, 9.17) is 19.8 Å². The lowest BCUT2D eigenvalue weighted by molar-refractivity contribution is -0.138. The second-order valence-corrected chi connectivity index (χ2v) is 9.14. The molecule has 0 bridgehead atoms. The molecule has 1 unspecified atom stereocenters. The van der Waals surface area contributed by atoms with E-state index in [0.29, 0.717) is 0 Å². The van der Waals surface area contributed by atoms with E-state index in [2.05, 4.69) is 28.9 Å². The maximum atomic E-state index is 11.1. The minimum absolute atomic E-state index is 0.0312. The summed E-state index contributed by atoms with van der Waals surface area (Å²) in [6.45, 7) is 6.26. The Balaban J connectivity index is 1.54. The lowest BCUT2D eigenvalue weighted by Crippen LogP contribution is -2.44. The number of rotatable bonds is 4. The molecule has 1 atom stereocenters. The number of benzene rings is 1. The van der Waals surface area contributed by atoms with Gasteiger partial charge in [0.1, 0.15) is 5.82 Å². The van der Waals surface area contributed by atoms with Crippen LogP contribution in [0.15, 0.2) is 30.3 Å². The lowest BCUT2D eigenvalue weighted by Gasteiger charge is -2.39. The molecule has 0 saturated carbocycles. The van der Waals surface area contributed by atoms with Crippen molar-refractivity contribution in [3.63, 3.8) is 0 Å². The van der Waals surface area contributed by atoms with Crippen molar-refractivity contribution in [3.05, 3.63) is 41.6 Å². The van der Waals surface area contributed by atoms with Crippen LogP contribution in [0.5, 0.6) is 0 Å². The molecule has 1 aromatic carbocycles. The molecule has 31 heavy (non-hydrogen) atoms. The number of fused-ring (bicyclic) bond motifs is 2. The van der Waals surface area contributed by atoms with Crippen LogP contribution in [-0.2, 0) is 21.4 Å². The van der Waals surface area contributed by atoms with Crippen LogP contribution in [0, 0.1) is 0 Å². The zero-order valence-corrected chi connectivity index (χ0v) is 18.1. The summed E-state index contributed by atoms with van der Waals surface area (Å²) in [6.07, 6.45) is 4.16. The summed E-state index contributed by atoms with van der Waals surface area (Å²) in [4.78, 5) is 25.8. The molecule has 164 valence electrons. The van der Waals surface area contributed by atoms with Gasteiger partial charge in [0.2, 0.25) is 0 Å². The van der Waals surface area contributed by atoms with Gasteiger partial charge in [0, 0.05) is 29.6 Å². The number of nitrogens with zero attached hydrogens (tertiary/aromatic N) is 4. The summed E-state index contributed by atoms with van der Waals surface area (Å²) in [5, 5.41) is 9.17. The Morgan fingerprint density at radius 2 is 1.94 bits per heavy atom. The third-order valence-electron chi connectivity index (χ3n) is 7.09. The van der Waals surface area contributed by atoms with Gasteiger partial charge < -0.3 is 14.7 Å². The van der Waals surface area contributed by atoms with Crippen molar-refractivity contribution >= 4 is 11.8 Å². The average molecular weight is 423 g/mol. The van der Waals surface area contributed by atoms with Crippen molar-refractivity contribution in [2.45, 2.75) is 44.1 Å². The molecule has 2 fully saturated rings. The zero-order valence-electron chi connectivity index (χ0n) is 18.1. The van der Waals surface area contributed by atoms with Crippen LogP contribution in [0.1, 0.15) is 37.4 Å². The summed E-state index contributed by atoms with van der Waals surface area (Å²) >= 11 is 0. The van der Waals surface area contributed by atoms with Crippen molar-refractivity contribution in [1.29, 1.82) is 0 Å². The minimum atomic E-state index is -0.750. The van der Waals surface area contributed by atoms with Crippen LogP contribution in [0.4, 0.5) is 5.82 Å². The fraction of sp³-hybridized carbons (Fsp3) is 0.542. The molecule has 7 heteroatoms. The molecule has 3 heterocycles. The van der Waals surface area contributed by atoms with E-state index in [1.165, 1.54) is 11.3 Å². The van der Waals surface area contributed by atoms with E-state index in [9.17, 15) is 4.79 Å². The Kier molecular flexibility index (Phi) is 5.40. The van der Waals surface area contributed by atoms with Crippen LogP contribution in [0.3, 0.4) is 0 Å². The highest BCUT2D eigenvalue weighted by molar-refractivity contribution is 5.69. The SMILES string of the molecule is CC1CN(c2nc(-c3ccccc3)nc3c2CCC32CCN(CC(=O)O)CC2)CCO1. The molecule has 1 N–H and O–H groups in total. The molecular weight excluding hydrogens is 392 g/mol. The number of carboxylic acids is 1. The second-order valence-electron chi connectivity index (χ2n) is 9.14. The van der Waals surface area contributed by atoms with Gasteiger partial charge >= 0.3 is 5.97 Å². The number of hydrogen-bond acceptors (Lipinski definition) is 6. The van der Waals surface area contributed by atoms with Crippen molar-refractivity contribution in [2.24, 2.45) is 0 Å². The monoisotopic (exact) mass is 422 g/mol. The van der Waals surface area contributed by atoms with Crippen LogP contribution in [-0.4, -0.2) is 71.4 Å². The smallest absolute Gasteiger partial charge is 0.317 e. The number of ether oxygens (including phenoxy) is 1. The van der Waals surface area contributed by atoms with Gasteiger partial charge in [-0.25, -0.2) is 9.97 Å².